The van der Waals surface area contributed by atoms with Gasteiger partial charge < -0.3 is 10.5 Å². The molecule has 0 spiro atoms. The third kappa shape index (κ3) is 3.11. The largest absolute Gasteiger partial charge is 0.497 e. The van der Waals surface area contributed by atoms with Gasteiger partial charge in [-0.25, -0.2) is 4.98 Å². The molecule has 1 atom stereocenters. The molecular formula is C17H22N2OS. The van der Waals surface area contributed by atoms with Gasteiger partial charge in [0.05, 0.1) is 17.8 Å². The van der Waals surface area contributed by atoms with E-state index in [0.29, 0.717) is 0 Å². The van der Waals surface area contributed by atoms with Gasteiger partial charge in [0.2, 0.25) is 0 Å². The summed E-state index contributed by atoms with van der Waals surface area (Å²) in [4.78, 5) is 6.13. The van der Waals surface area contributed by atoms with Crippen molar-refractivity contribution in [3.63, 3.8) is 0 Å². The van der Waals surface area contributed by atoms with Crippen LogP contribution in [0.3, 0.4) is 0 Å². The summed E-state index contributed by atoms with van der Waals surface area (Å²) in [6.45, 7) is 4.55. The highest BCUT2D eigenvalue weighted by molar-refractivity contribution is 7.11. The van der Waals surface area contributed by atoms with Crippen LogP contribution in [-0.4, -0.2) is 12.1 Å². The Morgan fingerprint density at radius 3 is 3.00 bits per heavy atom. The molecule has 0 saturated heterocycles. The Balaban J connectivity index is 1.85. The number of hydrogen-bond donors (Lipinski definition) is 1. The van der Waals surface area contributed by atoms with E-state index in [4.69, 9.17) is 15.5 Å². The summed E-state index contributed by atoms with van der Waals surface area (Å²) in [6.07, 6.45) is 2.92. The number of nitrogens with zero attached hydrogens (tertiary/aromatic N) is 1. The van der Waals surface area contributed by atoms with Crippen molar-refractivity contribution in [1.82, 2.24) is 4.98 Å². The lowest BCUT2D eigenvalue weighted by molar-refractivity contribution is 0.282. The third-order valence-electron chi connectivity index (χ3n) is 4.02. The van der Waals surface area contributed by atoms with E-state index in [9.17, 15) is 0 Å². The zero-order valence-electron chi connectivity index (χ0n) is 12.8. The Morgan fingerprint density at radius 1 is 1.43 bits per heavy atom. The molecule has 0 fully saturated rings. The minimum absolute atomic E-state index is 0.139. The van der Waals surface area contributed by atoms with Gasteiger partial charge in [0.25, 0.3) is 0 Å². The van der Waals surface area contributed by atoms with Gasteiger partial charge in [0.15, 0.2) is 0 Å². The second-order valence-corrected chi connectivity index (χ2v) is 7.71. The van der Waals surface area contributed by atoms with Crippen LogP contribution in [-0.2, 0) is 12.8 Å². The zero-order chi connectivity index (χ0) is 15.0. The van der Waals surface area contributed by atoms with E-state index in [-0.39, 0.29) is 11.5 Å². The molecule has 0 bridgehead atoms. The van der Waals surface area contributed by atoms with Crippen LogP contribution in [0.5, 0.6) is 5.75 Å². The molecule has 1 unspecified atom stereocenters. The van der Waals surface area contributed by atoms with Crippen molar-refractivity contribution >= 4 is 11.3 Å². The summed E-state index contributed by atoms with van der Waals surface area (Å²) in [5.41, 5.74) is 9.02. The molecule has 1 aromatic heterocycles. The molecule has 112 valence electrons. The molecule has 3 nitrogen and oxygen atoms in total. The van der Waals surface area contributed by atoms with Crippen molar-refractivity contribution in [2.24, 2.45) is 11.1 Å². The van der Waals surface area contributed by atoms with Crippen molar-refractivity contribution in [3.8, 4) is 5.75 Å². The van der Waals surface area contributed by atoms with Crippen molar-refractivity contribution in [1.29, 1.82) is 0 Å². The second kappa shape index (κ2) is 5.43. The maximum absolute atomic E-state index is 6.32. The van der Waals surface area contributed by atoms with Crippen LogP contribution in [0.25, 0.3) is 0 Å². The Hall–Kier alpha value is -1.39. The van der Waals surface area contributed by atoms with Crippen molar-refractivity contribution in [2.45, 2.75) is 39.2 Å². The van der Waals surface area contributed by atoms with Gasteiger partial charge in [-0.05, 0) is 36.0 Å². The first kappa shape index (κ1) is 14.5. The Bertz CT molecular complexity index is 648. The molecule has 21 heavy (non-hydrogen) atoms. The average molecular weight is 302 g/mol. The molecule has 2 aromatic rings. The number of benzene rings is 1. The summed E-state index contributed by atoms with van der Waals surface area (Å²) in [5.74, 6) is 0.895. The first-order chi connectivity index (χ1) is 9.97. The molecule has 4 heteroatoms. The van der Waals surface area contributed by atoms with E-state index in [0.717, 1.165) is 30.0 Å². The lowest BCUT2D eigenvalue weighted by atomic mass is 9.77. The summed E-state index contributed by atoms with van der Waals surface area (Å²) in [5, 5.41) is 1.15. The van der Waals surface area contributed by atoms with Crippen LogP contribution in [0, 0.1) is 5.41 Å². The summed E-state index contributed by atoms with van der Waals surface area (Å²) in [7, 11) is 1.70. The van der Waals surface area contributed by atoms with E-state index in [1.54, 1.807) is 18.4 Å². The van der Waals surface area contributed by atoms with Gasteiger partial charge in [0, 0.05) is 17.3 Å². The first-order valence-electron chi connectivity index (χ1n) is 7.34. The fourth-order valence-electron chi connectivity index (χ4n) is 3.08. The number of nitrogens with two attached hydrogens (primary N) is 1. The van der Waals surface area contributed by atoms with Gasteiger partial charge in [-0.15, -0.1) is 11.3 Å². The van der Waals surface area contributed by atoms with E-state index in [1.165, 1.54) is 16.1 Å². The van der Waals surface area contributed by atoms with Crippen LogP contribution in [0.15, 0.2) is 24.3 Å². The van der Waals surface area contributed by atoms with Gasteiger partial charge in [-0.2, -0.15) is 0 Å². The summed E-state index contributed by atoms with van der Waals surface area (Å²) >= 11 is 1.78. The maximum Gasteiger partial charge on any atom is 0.119 e. The van der Waals surface area contributed by atoms with E-state index >= 15 is 0 Å². The maximum atomic E-state index is 6.32. The fraction of sp³-hybridized carbons (Fsp3) is 0.471. The molecule has 0 radical (unpaired) electrons. The number of rotatable bonds is 3. The Morgan fingerprint density at radius 2 is 2.24 bits per heavy atom. The minimum Gasteiger partial charge on any atom is -0.497 e. The van der Waals surface area contributed by atoms with Crippen LogP contribution in [0.2, 0.25) is 0 Å². The van der Waals surface area contributed by atoms with E-state index < -0.39 is 0 Å². The van der Waals surface area contributed by atoms with E-state index in [2.05, 4.69) is 26.0 Å². The number of ether oxygens (including phenoxy) is 1. The highest BCUT2D eigenvalue weighted by atomic mass is 32.1. The zero-order valence-corrected chi connectivity index (χ0v) is 13.7. The van der Waals surface area contributed by atoms with Crippen molar-refractivity contribution in [3.05, 3.63) is 45.4 Å². The number of aromatic nitrogens is 1. The second-order valence-electron chi connectivity index (χ2n) is 6.60. The van der Waals surface area contributed by atoms with Gasteiger partial charge in [0.1, 0.15) is 5.75 Å². The molecule has 0 aliphatic heterocycles. The Labute approximate surface area is 130 Å². The SMILES string of the molecule is COc1cccc(Cc2nc3c(s2)C(N)CC(C)(C)C3)c1. The van der Waals surface area contributed by atoms with Crippen molar-refractivity contribution < 1.29 is 4.74 Å². The van der Waals surface area contributed by atoms with Gasteiger partial charge in [-0.3, -0.25) is 0 Å². The minimum atomic E-state index is 0.139. The molecule has 1 aromatic carbocycles. The smallest absolute Gasteiger partial charge is 0.119 e. The van der Waals surface area contributed by atoms with Crippen LogP contribution in [0.1, 0.15) is 47.5 Å². The molecule has 1 aliphatic carbocycles. The summed E-state index contributed by atoms with van der Waals surface area (Å²) in [6, 6.07) is 8.32. The molecular weight excluding hydrogens is 280 g/mol. The van der Waals surface area contributed by atoms with Gasteiger partial charge in [-0.1, -0.05) is 26.0 Å². The Kier molecular flexibility index (Phi) is 3.76. The van der Waals surface area contributed by atoms with E-state index in [1.807, 2.05) is 12.1 Å². The lowest BCUT2D eigenvalue weighted by Gasteiger charge is -2.32. The fourth-order valence-corrected chi connectivity index (χ4v) is 4.20. The van der Waals surface area contributed by atoms with Crippen LogP contribution < -0.4 is 10.5 Å². The topological polar surface area (TPSA) is 48.1 Å². The van der Waals surface area contributed by atoms with Gasteiger partial charge >= 0.3 is 0 Å². The molecule has 1 aliphatic rings. The normalized spacial score (nSPS) is 20.1. The predicted octanol–water partition coefficient (Wildman–Crippen LogP) is 3.71. The molecule has 3 rings (SSSR count). The van der Waals surface area contributed by atoms with Crippen LogP contribution >= 0.6 is 11.3 Å². The monoisotopic (exact) mass is 302 g/mol. The summed E-state index contributed by atoms with van der Waals surface area (Å²) < 4.78 is 5.28. The first-order valence-corrected chi connectivity index (χ1v) is 8.15. The number of fused-ring (bicyclic) bond motifs is 1. The standard InChI is InChI=1S/C17H22N2OS/c1-17(2)9-13(18)16-14(10-17)19-15(21-16)8-11-5-4-6-12(7-11)20-3/h4-7,13H,8-10,18H2,1-3H3. The molecule has 2 N–H and O–H groups in total. The molecule has 0 amide bonds. The molecule has 1 heterocycles. The third-order valence-corrected chi connectivity index (χ3v) is 5.25. The molecule has 0 saturated carbocycles. The quantitative estimate of drug-likeness (QED) is 0.940. The predicted molar refractivity (Wildman–Crippen MR) is 86.9 cm³/mol. The number of hydrogen-bond acceptors (Lipinski definition) is 4. The highest BCUT2D eigenvalue weighted by Crippen LogP contribution is 2.42. The number of methoxy groups -OCH3 is 1. The van der Waals surface area contributed by atoms with Crippen LogP contribution in [0.4, 0.5) is 0 Å². The number of thiazole rings is 1. The highest BCUT2D eigenvalue weighted by Gasteiger charge is 2.33. The average Bonchev–Trinajstić information content (AvgIpc) is 2.80. The lowest BCUT2D eigenvalue weighted by Crippen LogP contribution is -2.28. The van der Waals surface area contributed by atoms with Crippen molar-refractivity contribution in [2.75, 3.05) is 7.11 Å².